The first-order valence-corrected chi connectivity index (χ1v) is 7.90. The number of benzene rings is 2. The van der Waals surface area contributed by atoms with Crippen LogP contribution in [-0.4, -0.2) is 16.7 Å². The molecule has 0 spiro atoms. The van der Waals surface area contributed by atoms with Crippen LogP contribution in [0.5, 0.6) is 0 Å². The normalized spacial score (nSPS) is 12.5. The van der Waals surface area contributed by atoms with Crippen LogP contribution in [0.4, 0.5) is 10.5 Å². The van der Waals surface area contributed by atoms with Gasteiger partial charge in [-0.2, -0.15) is 5.10 Å². The van der Waals surface area contributed by atoms with Crippen molar-refractivity contribution in [3.63, 3.8) is 0 Å². The number of primary amides is 1. The quantitative estimate of drug-likeness (QED) is 0.475. The molecule has 2 amide bonds. The first kappa shape index (κ1) is 18.1. The highest BCUT2D eigenvalue weighted by molar-refractivity contribution is 6.02. The molecule has 0 bridgehead atoms. The van der Waals surface area contributed by atoms with Crippen LogP contribution in [-0.2, 0) is 0 Å². The predicted octanol–water partition coefficient (Wildman–Crippen LogP) is 3.68. The molecule has 0 aliphatic carbocycles. The van der Waals surface area contributed by atoms with Crippen LogP contribution < -0.4 is 11.2 Å². The second-order valence-corrected chi connectivity index (χ2v) is 5.66. The molecule has 3 N–H and O–H groups in total. The third-order valence-electron chi connectivity index (χ3n) is 3.96. The molecule has 0 radical (unpaired) electrons. The van der Waals surface area contributed by atoms with E-state index in [2.05, 4.69) is 10.5 Å². The molecule has 0 saturated heterocycles. The minimum Gasteiger partial charge on any atom is -0.350 e. The standard InChI is InChI=1S/C18H20N4O3/c1-3-12(2)17(20-21-18(19)23)15-6-4-13(5-7-15)14-8-10-16(11-9-14)22(24)25/h4-12H,3H2,1-2H3,(H3,19,21,23)/b20-17-. The van der Waals surface area contributed by atoms with Crippen LogP contribution in [0, 0.1) is 16.0 Å². The number of nitro benzene ring substituents is 1. The molecule has 2 aromatic rings. The molecule has 0 aliphatic heterocycles. The van der Waals surface area contributed by atoms with E-state index in [9.17, 15) is 14.9 Å². The number of rotatable bonds is 6. The SMILES string of the molecule is CCC(C)/C(=N/NC(N)=O)c1ccc(-c2ccc([N+](=O)[O-])cc2)cc1. The van der Waals surface area contributed by atoms with Crippen molar-refractivity contribution >= 4 is 17.4 Å². The monoisotopic (exact) mass is 340 g/mol. The largest absolute Gasteiger partial charge is 0.350 e. The molecule has 0 fully saturated rings. The van der Waals surface area contributed by atoms with Gasteiger partial charge in [-0.15, -0.1) is 0 Å². The number of non-ortho nitro benzene ring substituents is 1. The highest BCUT2D eigenvalue weighted by atomic mass is 16.6. The smallest absolute Gasteiger partial charge is 0.332 e. The molecule has 1 atom stereocenters. The zero-order valence-corrected chi connectivity index (χ0v) is 14.1. The van der Waals surface area contributed by atoms with Crippen LogP contribution in [0.3, 0.4) is 0 Å². The van der Waals surface area contributed by atoms with Crippen molar-refractivity contribution in [2.75, 3.05) is 0 Å². The summed E-state index contributed by atoms with van der Waals surface area (Å²) in [5.41, 5.74) is 10.9. The Balaban J connectivity index is 2.28. The summed E-state index contributed by atoms with van der Waals surface area (Å²) < 4.78 is 0. The minimum absolute atomic E-state index is 0.0593. The van der Waals surface area contributed by atoms with Gasteiger partial charge in [-0.25, -0.2) is 10.2 Å². The van der Waals surface area contributed by atoms with Gasteiger partial charge in [0.15, 0.2) is 0 Å². The first-order chi connectivity index (χ1) is 11.9. The van der Waals surface area contributed by atoms with E-state index in [0.29, 0.717) is 0 Å². The van der Waals surface area contributed by atoms with Crippen LogP contribution >= 0.6 is 0 Å². The number of carbonyl (C=O) groups is 1. The highest BCUT2D eigenvalue weighted by Crippen LogP contribution is 2.24. The molecule has 0 heterocycles. The van der Waals surface area contributed by atoms with Gasteiger partial charge in [-0.1, -0.05) is 38.1 Å². The molecule has 7 heteroatoms. The summed E-state index contributed by atoms with van der Waals surface area (Å²) in [7, 11) is 0. The van der Waals surface area contributed by atoms with Crippen LogP contribution in [0.25, 0.3) is 11.1 Å². The fourth-order valence-corrected chi connectivity index (χ4v) is 2.38. The zero-order chi connectivity index (χ0) is 18.4. The summed E-state index contributed by atoms with van der Waals surface area (Å²) in [6.45, 7) is 4.06. The maximum Gasteiger partial charge on any atom is 0.332 e. The van der Waals surface area contributed by atoms with Gasteiger partial charge in [0.2, 0.25) is 0 Å². The zero-order valence-electron chi connectivity index (χ0n) is 14.1. The number of hydrazone groups is 1. The Kier molecular flexibility index (Phi) is 5.84. The van der Waals surface area contributed by atoms with Crippen LogP contribution in [0.1, 0.15) is 25.8 Å². The first-order valence-electron chi connectivity index (χ1n) is 7.90. The number of nitrogens with one attached hydrogen (secondary N) is 1. The van der Waals surface area contributed by atoms with Gasteiger partial charge in [0.25, 0.3) is 5.69 Å². The highest BCUT2D eigenvalue weighted by Gasteiger charge is 2.13. The van der Waals surface area contributed by atoms with E-state index >= 15 is 0 Å². The van der Waals surface area contributed by atoms with Gasteiger partial charge in [0.05, 0.1) is 10.6 Å². The van der Waals surface area contributed by atoms with Gasteiger partial charge < -0.3 is 5.73 Å². The number of nitro groups is 1. The molecule has 130 valence electrons. The Morgan fingerprint density at radius 1 is 1.16 bits per heavy atom. The predicted molar refractivity (Wildman–Crippen MR) is 97.2 cm³/mol. The number of nitrogens with two attached hydrogens (primary N) is 1. The molecule has 0 aromatic heterocycles. The Bertz CT molecular complexity index is 783. The summed E-state index contributed by atoms with van der Waals surface area (Å²) in [6, 6.07) is 13.3. The molecule has 0 saturated carbocycles. The Labute approximate surface area is 145 Å². The van der Waals surface area contributed by atoms with Crippen LogP contribution in [0.2, 0.25) is 0 Å². The fourth-order valence-electron chi connectivity index (χ4n) is 2.38. The van der Waals surface area contributed by atoms with E-state index in [1.165, 1.54) is 12.1 Å². The number of urea groups is 1. The van der Waals surface area contributed by atoms with E-state index in [1.54, 1.807) is 12.1 Å². The third-order valence-corrected chi connectivity index (χ3v) is 3.96. The van der Waals surface area contributed by atoms with Crippen molar-refractivity contribution in [1.82, 2.24) is 5.43 Å². The lowest BCUT2D eigenvalue weighted by Gasteiger charge is -2.13. The van der Waals surface area contributed by atoms with E-state index in [1.807, 2.05) is 38.1 Å². The van der Waals surface area contributed by atoms with Gasteiger partial charge in [0, 0.05) is 18.1 Å². The molecular formula is C18H20N4O3. The van der Waals surface area contributed by atoms with E-state index in [4.69, 9.17) is 5.73 Å². The molecule has 7 nitrogen and oxygen atoms in total. The molecule has 25 heavy (non-hydrogen) atoms. The minimum atomic E-state index is -0.705. The molecule has 0 aliphatic rings. The Morgan fingerprint density at radius 2 is 1.68 bits per heavy atom. The van der Waals surface area contributed by atoms with Gasteiger partial charge in [0.1, 0.15) is 0 Å². The fraction of sp³-hybridized carbons (Fsp3) is 0.222. The lowest BCUT2D eigenvalue weighted by atomic mass is 9.94. The van der Waals surface area contributed by atoms with Crippen molar-refractivity contribution in [3.05, 3.63) is 64.2 Å². The molecule has 2 rings (SSSR count). The summed E-state index contributed by atoms with van der Waals surface area (Å²) in [5, 5.41) is 14.8. The summed E-state index contributed by atoms with van der Waals surface area (Å²) >= 11 is 0. The van der Waals surface area contributed by atoms with Gasteiger partial charge in [-0.05, 0) is 35.2 Å². The number of hydrogen-bond acceptors (Lipinski definition) is 4. The number of hydrogen-bond donors (Lipinski definition) is 2. The van der Waals surface area contributed by atoms with Crippen molar-refractivity contribution in [2.24, 2.45) is 16.8 Å². The summed E-state index contributed by atoms with van der Waals surface area (Å²) in [4.78, 5) is 21.2. The van der Waals surface area contributed by atoms with E-state index in [-0.39, 0.29) is 11.6 Å². The van der Waals surface area contributed by atoms with Crippen molar-refractivity contribution in [2.45, 2.75) is 20.3 Å². The third kappa shape index (κ3) is 4.63. The lowest BCUT2D eigenvalue weighted by molar-refractivity contribution is -0.384. The number of carbonyl (C=O) groups excluding carboxylic acids is 1. The van der Waals surface area contributed by atoms with Crippen LogP contribution in [0.15, 0.2) is 53.6 Å². The average Bonchev–Trinajstić information content (AvgIpc) is 2.62. The van der Waals surface area contributed by atoms with Gasteiger partial charge in [-0.3, -0.25) is 10.1 Å². The maximum atomic E-state index is 10.9. The average molecular weight is 340 g/mol. The van der Waals surface area contributed by atoms with Crippen molar-refractivity contribution < 1.29 is 9.72 Å². The molecule has 2 aromatic carbocycles. The van der Waals surface area contributed by atoms with Crippen molar-refractivity contribution in [3.8, 4) is 11.1 Å². The van der Waals surface area contributed by atoms with Gasteiger partial charge >= 0.3 is 6.03 Å². The molecule has 1 unspecified atom stereocenters. The van der Waals surface area contributed by atoms with Crippen molar-refractivity contribution in [1.29, 1.82) is 0 Å². The van der Waals surface area contributed by atoms with E-state index < -0.39 is 11.0 Å². The lowest BCUT2D eigenvalue weighted by Crippen LogP contribution is -2.27. The number of nitrogens with zero attached hydrogens (tertiary/aromatic N) is 2. The summed E-state index contributed by atoms with van der Waals surface area (Å²) in [6.07, 6.45) is 0.864. The second-order valence-electron chi connectivity index (χ2n) is 5.66. The maximum absolute atomic E-state index is 10.9. The molecular weight excluding hydrogens is 320 g/mol. The van der Waals surface area contributed by atoms with E-state index in [0.717, 1.165) is 28.8 Å². The number of amides is 2. The Hall–Kier alpha value is -3.22. The topological polar surface area (TPSA) is 111 Å². The summed E-state index contributed by atoms with van der Waals surface area (Å²) in [5.74, 6) is 0.150. The Morgan fingerprint density at radius 3 is 2.12 bits per heavy atom. The second kappa shape index (κ2) is 8.05.